The maximum absolute atomic E-state index is 10.9. The molecule has 0 aliphatic rings. The molecule has 0 aromatic heterocycles. The molecule has 0 atom stereocenters. The van der Waals surface area contributed by atoms with E-state index in [-0.39, 0.29) is 5.78 Å². The van der Waals surface area contributed by atoms with E-state index in [1.807, 2.05) is 6.92 Å². The third-order valence-corrected chi connectivity index (χ3v) is 1.72. The van der Waals surface area contributed by atoms with E-state index in [0.29, 0.717) is 5.47 Å². The van der Waals surface area contributed by atoms with E-state index in [0.717, 1.165) is 24.0 Å². The number of carbonyl (C=O) groups excluding carboxylic acids is 1. The summed E-state index contributed by atoms with van der Waals surface area (Å²) in [6.45, 7) is 9.20. The van der Waals surface area contributed by atoms with Crippen molar-refractivity contribution in [2.45, 2.75) is 33.6 Å². The number of hydrogen-bond donors (Lipinski definition) is 0. The van der Waals surface area contributed by atoms with Crippen LogP contribution in [-0.2, 0) is 4.79 Å². The topological polar surface area (TPSA) is 17.1 Å². The molecule has 0 heterocycles. The number of rotatable bonds is 4. The molecule has 0 aliphatic heterocycles. The maximum atomic E-state index is 10.9. The van der Waals surface area contributed by atoms with Crippen molar-refractivity contribution in [1.82, 2.24) is 0 Å². The largest absolute Gasteiger partial charge is 0.296 e. The molecule has 2 heteroatoms. The van der Waals surface area contributed by atoms with Crippen LogP contribution in [0.5, 0.6) is 0 Å². The summed E-state index contributed by atoms with van der Waals surface area (Å²) in [4.78, 5) is 10.9. The van der Waals surface area contributed by atoms with Gasteiger partial charge in [-0.3, -0.25) is 4.79 Å². The van der Waals surface area contributed by atoms with Gasteiger partial charge >= 0.3 is 0 Å². The molecule has 12 heavy (non-hydrogen) atoms. The van der Waals surface area contributed by atoms with E-state index in [1.54, 1.807) is 0 Å². The highest BCUT2D eigenvalue weighted by molar-refractivity contribution is 6.37. The van der Waals surface area contributed by atoms with Gasteiger partial charge in [-0.05, 0) is 25.8 Å². The van der Waals surface area contributed by atoms with Crippen LogP contribution < -0.4 is 0 Å². The van der Waals surface area contributed by atoms with E-state index in [2.05, 4.69) is 13.5 Å². The number of allylic oxidation sites excluding steroid dienone is 3. The fourth-order valence-electron chi connectivity index (χ4n) is 1.04. The summed E-state index contributed by atoms with van der Waals surface area (Å²) in [6, 6.07) is 0. The third kappa shape index (κ3) is 3.08. The Morgan fingerprint density at radius 3 is 2.17 bits per heavy atom. The Labute approximate surface area is 76.0 Å². The van der Waals surface area contributed by atoms with E-state index >= 15 is 0 Å². The van der Waals surface area contributed by atoms with Gasteiger partial charge < -0.3 is 0 Å². The van der Waals surface area contributed by atoms with Crippen LogP contribution in [0, 0.1) is 0 Å². The summed E-state index contributed by atoms with van der Waals surface area (Å²) in [6.07, 6.45) is 1.82. The van der Waals surface area contributed by atoms with Crippen molar-refractivity contribution in [3.05, 3.63) is 23.2 Å². The molecule has 2 radical (unpaired) electrons. The summed E-state index contributed by atoms with van der Waals surface area (Å²) in [5.41, 5.74) is 2.17. The molecule has 0 bridgehead atoms. The first kappa shape index (κ1) is 11.2. The average molecular weight is 162 g/mol. The Kier molecular flexibility index (Phi) is 4.64. The minimum atomic E-state index is -0.0681. The Hall–Kier alpha value is -0.785. The minimum Gasteiger partial charge on any atom is -0.296 e. The number of hydrogen-bond acceptors (Lipinski definition) is 1. The van der Waals surface area contributed by atoms with Crippen LogP contribution in [0.4, 0.5) is 0 Å². The van der Waals surface area contributed by atoms with Gasteiger partial charge in [-0.15, -0.1) is 0 Å². The van der Waals surface area contributed by atoms with Gasteiger partial charge in [-0.25, -0.2) is 0 Å². The molecule has 0 amide bonds. The first-order valence-corrected chi connectivity index (χ1v) is 4.16. The van der Waals surface area contributed by atoms with E-state index in [1.165, 1.54) is 6.92 Å². The van der Waals surface area contributed by atoms with Crippen molar-refractivity contribution < 1.29 is 4.79 Å². The van der Waals surface area contributed by atoms with Gasteiger partial charge in [0.2, 0.25) is 0 Å². The fraction of sp³-hybridized carbons (Fsp3) is 0.500. The lowest BCUT2D eigenvalue weighted by atomic mass is 9.83. The molecule has 0 aromatic rings. The highest BCUT2D eigenvalue weighted by atomic mass is 16.1. The van der Waals surface area contributed by atoms with Crippen LogP contribution in [0.1, 0.15) is 33.6 Å². The van der Waals surface area contributed by atoms with Crippen molar-refractivity contribution in [3.63, 3.8) is 0 Å². The van der Waals surface area contributed by atoms with Gasteiger partial charge in [0, 0.05) is 0 Å². The lowest BCUT2D eigenvalue weighted by molar-refractivity contribution is -0.113. The SMILES string of the molecule is [B]/C(C(C)=O)=C(\CCC)C(=C)C. The smallest absolute Gasteiger partial charge is 0.145 e. The van der Waals surface area contributed by atoms with Crippen molar-refractivity contribution >= 4 is 13.6 Å². The summed E-state index contributed by atoms with van der Waals surface area (Å²) in [5, 5.41) is 0. The molecule has 0 saturated heterocycles. The number of Topliss-reactive ketones (excluding diaryl/α,β-unsaturated/α-hetero) is 1. The molecule has 0 N–H and O–H groups in total. The van der Waals surface area contributed by atoms with Crippen LogP contribution in [0.25, 0.3) is 0 Å². The Morgan fingerprint density at radius 2 is 1.92 bits per heavy atom. The maximum Gasteiger partial charge on any atom is 0.145 e. The second kappa shape index (κ2) is 4.97. The van der Waals surface area contributed by atoms with Gasteiger partial charge in [0.15, 0.2) is 0 Å². The Morgan fingerprint density at radius 1 is 1.42 bits per heavy atom. The zero-order valence-corrected chi connectivity index (χ0v) is 8.11. The number of carbonyl (C=O) groups is 1. The molecule has 0 aliphatic carbocycles. The molecule has 64 valence electrons. The van der Waals surface area contributed by atoms with Crippen LogP contribution in [-0.4, -0.2) is 13.6 Å². The quantitative estimate of drug-likeness (QED) is 0.352. The average Bonchev–Trinajstić information content (AvgIpc) is 1.98. The summed E-state index contributed by atoms with van der Waals surface area (Å²) >= 11 is 0. The van der Waals surface area contributed by atoms with Crippen LogP contribution in [0.2, 0.25) is 0 Å². The van der Waals surface area contributed by atoms with Crippen molar-refractivity contribution in [3.8, 4) is 0 Å². The van der Waals surface area contributed by atoms with E-state index in [4.69, 9.17) is 7.85 Å². The first-order valence-electron chi connectivity index (χ1n) is 4.16. The summed E-state index contributed by atoms with van der Waals surface area (Å²) in [5.74, 6) is -0.0681. The van der Waals surface area contributed by atoms with Crippen molar-refractivity contribution in [2.75, 3.05) is 0 Å². The first-order chi connectivity index (χ1) is 5.50. The molecule has 0 unspecified atom stereocenters. The number of ketones is 1. The van der Waals surface area contributed by atoms with E-state index < -0.39 is 0 Å². The van der Waals surface area contributed by atoms with Crippen LogP contribution >= 0.6 is 0 Å². The molecule has 0 saturated carbocycles. The van der Waals surface area contributed by atoms with Crippen molar-refractivity contribution in [2.24, 2.45) is 0 Å². The third-order valence-electron chi connectivity index (χ3n) is 1.72. The van der Waals surface area contributed by atoms with Gasteiger partial charge in [-0.1, -0.05) is 31.0 Å². The van der Waals surface area contributed by atoms with Crippen molar-refractivity contribution in [1.29, 1.82) is 0 Å². The molecular formula is C10H15BO. The van der Waals surface area contributed by atoms with Gasteiger partial charge in [0.1, 0.15) is 13.6 Å². The van der Waals surface area contributed by atoms with Gasteiger partial charge in [-0.2, -0.15) is 0 Å². The predicted molar refractivity (Wildman–Crippen MR) is 53.2 cm³/mol. The minimum absolute atomic E-state index is 0.0681. The Bertz CT molecular complexity index is 226. The predicted octanol–water partition coefficient (Wildman–Crippen LogP) is 2.37. The van der Waals surface area contributed by atoms with Crippen LogP contribution in [0.3, 0.4) is 0 Å². The molecule has 0 rings (SSSR count). The van der Waals surface area contributed by atoms with E-state index in [9.17, 15) is 4.79 Å². The van der Waals surface area contributed by atoms with Gasteiger partial charge in [0.05, 0.1) is 0 Å². The fourth-order valence-corrected chi connectivity index (χ4v) is 1.04. The van der Waals surface area contributed by atoms with Gasteiger partial charge in [0.25, 0.3) is 0 Å². The summed E-state index contributed by atoms with van der Waals surface area (Å²) in [7, 11) is 5.62. The lowest BCUT2D eigenvalue weighted by Gasteiger charge is -2.09. The Balaban J connectivity index is 4.80. The molecule has 0 spiro atoms. The monoisotopic (exact) mass is 162 g/mol. The molecule has 1 nitrogen and oxygen atoms in total. The standard InChI is InChI=1S/C10H15BO/c1-5-6-9(7(2)3)10(11)8(4)12/h2,5-6H2,1,3-4H3/b10-9+. The molecule has 0 fully saturated rings. The zero-order valence-electron chi connectivity index (χ0n) is 8.11. The van der Waals surface area contributed by atoms with Crippen LogP contribution in [0.15, 0.2) is 23.2 Å². The second-order valence-electron chi connectivity index (χ2n) is 2.98. The summed E-state index contributed by atoms with van der Waals surface area (Å²) < 4.78 is 0. The lowest BCUT2D eigenvalue weighted by Crippen LogP contribution is -2.02. The zero-order chi connectivity index (χ0) is 9.72. The highest BCUT2D eigenvalue weighted by Crippen LogP contribution is 2.17. The highest BCUT2D eigenvalue weighted by Gasteiger charge is 2.05. The molecular weight excluding hydrogens is 147 g/mol. The normalized spacial score (nSPS) is 12.2. The second-order valence-corrected chi connectivity index (χ2v) is 2.98. The molecule has 0 aromatic carbocycles.